The van der Waals surface area contributed by atoms with Gasteiger partial charge in [0.2, 0.25) is 0 Å². The Balaban J connectivity index is 2.78. The third-order valence-corrected chi connectivity index (χ3v) is 1.96. The Morgan fingerprint density at radius 2 is 2.21 bits per heavy atom. The quantitative estimate of drug-likeness (QED) is 0.788. The summed E-state index contributed by atoms with van der Waals surface area (Å²) in [6.45, 7) is 2.01. The first-order chi connectivity index (χ1) is 6.79. The molecule has 0 amide bonds. The Bertz CT molecular complexity index is 287. The average Bonchev–Trinajstić information content (AvgIpc) is 2.20. The van der Waals surface area contributed by atoms with E-state index in [2.05, 4.69) is 0 Å². The molecule has 0 unspecified atom stereocenters. The lowest BCUT2D eigenvalue weighted by atomic mass is 10.1. The molecule has 0 radical (unpaired) electrons. The summed E-state index contributed by atoms with van der Waals surface area (Å²) in [5.41, 5.74) is 0.744. The van der Waals surface area contributed by atoms with Crippen LogP contribution >= 0.6 is 0 Å². The molecule has 1 rings (SSSR count). The maximum absolute atomic E-state index is 11.9. The molecule has 0 heterocycles. The highest BCUT2D eigenvalue weighted by Gasteiger charge is 2.06. The smallest absolute Gasteiger partial charge is 0.161 e. The summed E-state index contributed by atoms with van der Waals surface area (Å²) in [6, 6.07) is 5.30. The molecule has 0 aliphatic rings. The Kier molecular flexibility index (Phi) is 4.23. The molecule has 0 fully saturated rings. The molecule has 0 atom stereocenters. The van der Waals surface area contributed by atoms with E-state index in [0.29, 0.717) is 25.2 Å². The van der Waals surface area contributed by atoms with Crippen molar-refractivity contribution in [3.8, 4) is 11.5 Å². The fraction of sp³-hybridized carbons (Fsp3) is 0.455. The number of ether oxygens (including phenoxy) is 1. The van der Waals surface area contributed by atoms with Gasteiger partial charge in [-0.15, -0.1) is 0 Å². The van der Waals surface area contributed by atoms with Gasteiger partial charge in [0.25, 0.3) is 0 Å². The number of phenols is 1. The predicted octanol–water partition coefficient (Wildman–Crippen LogP) is 2.69. The first-order valence-corrected chi connectivity index (χ1v) is 4.79. The maximum atomic E-state index is 11.9. The van der Waals surface area contributed by atoms with Crippen LogP contribution in [0.2, 0.25) is 0 Å². The molecule has 3 heteroatoms. The summed E-state index contributed by atoms with van der Waals surface area (Å²) in [5.74, 6) is 0.617. The SMILES string of the molecule is CCOc1cccc(CCCF)c1O. The van der Waals surface area contributed by atoms with E-state index >= 15 is 0 Å². The van der Waals surface area contributed by atoms with Crippen LogP contribution in [-0.4, -0.2) is 18.4 Å². The van der Waals surface area contributed by atoms with Crippen LogP contribution in [0.4, 0.5) is 4.39 Å². The van der Waals surface area contributed by atoms with Gasteiger partial charge in [0.15, 0.2) is 11.5 Å². The lowest BCUT2D eigenvalue weighted by Crippen LogP contribution is -1.94. The largest absolute Gasteiger partial charge is 0.504 e. The summed E-state index contributed by atoms with van der Waals surface area (Å²) in [6.07, 6.45) is 0.979. The number of hydrogen-bond acceptors (Lipinski definition) is 2. The van der Waals surface area contributed by atoms with Gasteiger partial charge in [-0.2, -0.15) is 0 Å². The van der Waals surface area contributed by atoms with Crippen LogP contribution in [0.15, 0.2) is 18.2 Å². The van der Waals surface area contributed by atoms with E-state index in [1.54, 1.807) is 18.2 Å². The van der Waals surface area contributed by atoms with Crippen LogP contribution in [0.25, 0.3) is 0 Å². The number of benzene rings is 1. The summed E-state index contributed by atoms with van der Waals surface area (Å²) in [4.78, 5) is 0. The van der Waals surface area contributed by atoms with Crippen molar-refractivity contribution >= 4 is 0 Å². The lowest BCUT2D eigenvalue weighted by Gasteiger charge is -2.09. The van der Waals surface area contributed by atoms with Crippen LogP contribution in [0, 0.1) is 0 Å². The number of alkyl halides is 1. The van der Waals surface area contributed by atoms with Crippen molar-refractivity contribution in [1.82, 2.24) is 0 Å². The molecule has 0 aliphatic heterocycles. The Morgan fingerprint density at radius 1 is 1.43 bits per heavy atom. The minimum absolute atomic E-state index is 0.141. The van der Waals surface area contributed by atoms with Gasteiger partial charge >= 0.3 is 0 Å². The second-order valence-corrected chi connectivity index (χ2v) is 2.99. The predicted molar refractivity (Wildman–Crippen MR) is 53.6 cm³/mol. The van der Waals surface area contributed by atoms with E-state index in [0.717, 1.165) is 5.56 Å². The van der Waals surface area contributed by atoms with Gasteiger partial charge in [-0.05, 0) is 31.4 Å². The number of aromatic hydroxyl groups is 1. The number of phenolic OH excluding ortho intramolecular Hbond substituents is 1. The molecule has 2 nitrogen and oxygen atoms in total. The minimum Gasteiger partial charge on any atom is -0.504 e. The fourth-order valence-corrected chi connectivity index (χ4v) is 1.30. The Morgan fingerprint density at radius 3 is 2.86 bits per heavy atom. The molecule has 0 aromatic heterocycles. The average molecular weight is 198 g/mol. The van der Waals surface area contributed by atoms with Crippen molar-refractivity contribution in [2.75, 3.05) is 13.3 Å². The van der Waals surface area contributed by atoms with Gasteiger partial charge in [0, 0.05) is 0 Å². The van der Waals surface area contributed by atoms with E-state index < -0.39 is 0 Å². The zero-order chi connectivity index (χ0) is 10.4. The fourth-order valence-electron chi connectivity index (χ4n) is 1.30. The molecule has 78 valence electrons. The summed E-state index contributed by atoms with van der Waals surface area (Å²) >= 11 is 0. The number of hydrogen-bond donors (Lipinski definition) is 1. The summed E-state index contributed by atoms with van der Waals surface area (Å²) < 4.78 is 17.2. The zero-order valence-corrected chi connectivity index (χ0v) is 8.29. The zero-order valence-electron chi connectivity index (χ0n) is 8.29. The first kappa shape index (κ1) is 10.8. The Labute approximate surface area is 83.3 Å². The van der Waals surface area contributed by atoms with Gasteiger partial charge in [-0.1, -0.05) is 12.1 Å². The molecule has 0 spiro atoms. The third kappa shape index (κ3) is 2.62. The van der Waals surface area contributed by atoms with Gasteiger partial charge in [-0.3, -0.25) is 4.39 Å². The first-order valence-electron chi connectivity index (χ1n) is 4.79. The molecule has 0 saturated heterocycles. The monoisotopic (exact) mass is 198 g/mol. The molecule has 1 N–H and O–H groups in total. The van der Waals surface area contributed by atoms with Crippen molar-refractivity contribution in [1.29, 1.82) is 0 Å². The molecule has 0 aliphatic carbocycles. The highest BCUT2D eigenvalue weighted by Crippen LogP contribution is 2.30. The van der Waals surface area contributed by atoms with Crippen LogP contribution in [0.5, 0.6) is 11.5 Å². The van der Waals surface area contributed by atoms with Crippen molar-refractivity contribution in [2.45, 2.75) is 19.8 Å². The van der Waals surface area contributed by atoms with Gasteiger partial charge in [-0.25, -0.2) is 0 Å². The van der Waals surface area contributed by atoms with Crippen LogP contribution in [0.1, 0.15) is 18.9 Å². The molecule has 1 aromatic carbocycles. The van der Waals surface area contributed by atoms with Gasteiger partial charge < -0.3 is 9.84 Å². The van der Waals surface area contributed by atoms with Crippen molar-refractivity contribution in [3.05, 3.63) is 23.8 Å². The number of rotatable bonds is 5. The molecular formula is C11H15FO2. The van der Waals surface area contributed by atoms with E-state index in [1.165, 1.54) is 0 Å². The molecule has 0 bridgehead atoms. The second kappa shape index (κ2) is 5.47. The number of para-hydroxylation sites is 1. The Hall–Kier alpha value is -1.25. The molecule has 0 saturated carbocycles. The normalized spacial score (nSPS) is 10.1. The summed E-state index contributed by atoms with van der Waals surface area (Å²) in [7, 11) is 0. The van der Waals surface area contributed by atoms with Crippen molar-refractivity contribution in [3.63, 3.8) is 0 Å². The molecule has 14 heavy (non-hydrogen) atoms. The van der Waals surface area contributed by atoms with E-state index in [9.17, 15) is 9.50 Å². The third-order valence-electron chi connectivity index (χ3n) is 1.96. The number of aryl methyl sites for hydroxylation is 1. The van der Waals surface area contributed by atoms with Crippen molar-refractivity contribution < 1.29 is 14.2 Å². The molecule has 1 aromatic rings. The van der Waals surface area contributed by atoms with Gasteiger partial charge in [0.1, 0.15) is 0 Å². The second-order valence-electron chi connectivity index (χ2n) is 2.99. The minimum atomic E-state index is -0.363. The standard InChI is InChI=1S/C11H15FO2/c1-2-14-10-7-3-5-9(11(10)13)6-4-8-12/h3,5,7,13H,2,4,6,8H2,1H3. The van der Waals surface area contributed by atoms with E-state index in [1.807, 2.05) is 6.92 Å². The van der Waals surface area contributed by atoms with E-state index in [4.69, 9.17) is 4.74 Å². The highest BCUT2D eigenvalue weighted by atomic mass is 19.1. The van der Waals surface area contributed by atoms with Gasteiger partial charge in [0.05, 0.1) is 13.3 Å². The number of halogens is 1. The van der Waals surface area contributed by atoms with Crippen molar-refractivity contribution in [2.24, 2.45) is 0 Å². The van der Waals surface area contributed by atoms with Crippen LogP contribution in [0.3, 0.4) is 0 Å². The van der Waals surface area contributed by atoms with E-state index in [-0.39, 0.29) is 12.4 Å². The highest BCUT2D eigenvalue weighted by molar-refractivity contribution is 5.45. The lowest BCUT2D eigenvalue weighted by molar-refractivity contribution is 0.316. The topological polar surface area (TPSA) is 29.5 Å². The van der Waals surface area contributed by atoms with Crippen LogP contribution < -0.4 is 4.74 Å². The van der Waals surface area contributed by atoms with Crippen LogP contribution in [-0.2, 0) is 6.42 Å². The maximum Gasteiger partial charge on any atom is 0.161 e. The molecular weight excluding hydrogens is 183 g/mol. The summed E-state index contributed by atoms with van der Waals surface area (Å²) in [5, 5.41) is 9.70.